The SMILES string of the molecule is CC(C)Cc1cccc(C2(F)CCNCC2)c1. The third kappa shape index (κ3) is 3.06. The number of alkyl halides is 1. The second-order valence-electron chi connectivity index (χ2n) is 5.51. The first kappa shape index (κ1) is 12.6. The molecule has 1 aromatic carbocycles. The normalized spacial score (nSPS) is 19.5. The molecule has 94 valence electrons. The molecular formula is C15H22FN. The molecule has 1 aromatic rings. The van der Waals surface area contributed by atoms with E-state index in [0.717, 1.165) is 25.1 Å². The van der Waals surface area contributed by atoms with Gasteiger partial charge in [0, 0.05) is 0 Å². The molecule has 1 N–H and O–H groups in total. The molecule has 0 unspecified atom stereocenters. The van der Waals surface area contributed by atoms with Gasteiger partial charge in [-0.05, 0) is 49.4 Å². The maximum absolute atomic E-state index is 14.8. The molecule has 0 spiro atoms. The first-order valence-electron chi connectivity index (χ1n) is 6.59. The lowest BCUT2D eigenvalue weighted by Crippen LogP contribution is -2.36. The second-order valence-corrected chi connectivity index (χ2v) is 5.51. The van der Waals surface area contributed by atoms with Crippen molar-refractivity contribution >= 4 is 0 Å². The van der Waals surface area contributed by atoms with E-state index >= 15 is 0 Å². The Balaban J connectivity index is 2.19. The van der Waals surface area contributed by atoms with E-state index in [0.29, 0.717) is 18.8 Å². The number of rotatable bonds is 3. The summed E-state index contributed by atoms with van der Waals surface area (Å²) < 4.78 is 14.8. The zero-order valence-corrected chi connectivity index (χ0v) is 10.8. The average molecular weight is 235 g/mol. The summed E-state index contributed by atoms with van der Waals surface area (Å²) in [7, 11) is 0. The molecular weight excluding hydrogens is 213 g/mol. The van der Waals surface area contributed by atoms with Gasteiger partial charge in [0.25, 0.3) is 0 Å². The Kier molecular flexibility index (Phi) is 3.82. The molecule has 0 atom stereocenters. The number of halogens is 1. The molecule has 0 amide bonds. The topological polar surface area (TPSA) is 12.0 Å². The fourth-order valence-electron chi connectivity index (χ4n) is 2.56. The molecule has 0 radical (unpaired) electrons. The quantitative estimate of drug-likeness (QED) is 0.846. The lowest BCUT2D eigenvalue weighted by atomic mass is 9.85. The van der Waals surface area contributed by atoms with Gasteiger partial charge in [-0.1, -0.05) is 38.1 Å². The van der Waals surface area contributed by atoms with Gasteiger partial charge in [-0.3, -0.25) is 0 Å². The van der Waals surface area contributed by atoms with E-state index in [9.17, 15) is 4.39 Å². The van der Waals surface area contributed by atoms with Crippen molar-refractivity contribution in [2.45, 2.75) is 38.8 Å². The van der Waals surface area contributed by atoms with Crippen LogP contribution in [0.3, 0.4) is 0 Å². The smallest absolute Gasteiger partial charge is 0.138 e. The van der Waals surface area contributed by atoms with Crippen molar-refractivity contribution in [2.24, 2.45) is 5.92 Å². The van der Waals surface area contributed by atoms with Crippen molar-refractivity contribution in [2.75, 3.05) is 13.1 Å². The molecule has 0 aliphatic carbocycles. The van der Waals surface area contributed by atoms with Crippen LogP contribution < -0.4 is 5.32 Å². The van der Waals surface area contributed by atoms with Crippen LogP contribution in [-0.2, 0) is 12.1 Å². The Hall–Kier alpha value is -0.890. The minimum atomic E-state index is -1.11. The van der Waals surface area contributed by atoms with Gasteiger partial charge in [-0.25, -0.2) is 4.39 Å². The molecule has 1 fully saturated rings. The Morgan fingerprint density at radius 1 is 1.29 bits per heavy atom. The molecule has 0 bridgehead atoms. The van der Waals surface area contributed by atoms with E-state index in [2.05, 4.69) is 31.3 Å². The third-order valence-corrected chi connectivity index (χ3v) is 3.48. The molecule has 17 heavy (non-hydrogen) atoms. The van der Waals surface area contributed by atoms with Gasteiger partial charge in [0.05, 0.1) is 0 Å². The summed E-state index contributed by atoms with van der Waals surface area (Å²) in [5.41, 5.74) is 1.02. The lowest BCUT2D eigenvalue weighted by molar-refractivity contribution is 0.115. The summed E-state index contributed by atoms with van der Waals surface area (Å²) in [6.45, 7) is 5.96. The Bertz CT molecular complexity index is 367. The highest BCUT2D eigenvalue weighted by Gasteiger charge is 2.33. The van der Waals surface area contributed by atoms with Gasteiger partial charge in [0.15, 0.2) is 0 Å². The van der Waals surface area contributed by atoms with Crippen LogP contribution in [0.2, 0.25) is 0 Å². The minimum Gasteiger partial charge on any atom is -0.316 e. The monoisotopic (exact) mass is 235 g/mol. The number of hydrogen-bond donors (Lipinski definition) is 1. The molecule has 1 saturated heterocycles. The van der Waals surface area contributed by atoms with E-state index in [1.165, 1.54) is 5.56 Å². The van der Waals surface area contributed by atoms with Crippen LogP contribution in [0.15, 0.2) is 24.3 Å². The van der Waals surface area contributed by atoms with Crippen LogP contribution >= 0.6 is 0 Å². The third-order valence-electron chi connectivity index (χ3n) is 3.48. The molecule has 0 aromatic heterocycles. The zero-order chi connectivity index (χ0) is 12.3. The van der Waals surface area contributed by atoms with Gasteiger partial charge in [-0.15, -0.1) is 0 Å². The standard InChI is InChI=1S/C15H22FN/c1-12(2)10-13-4-3-5-14(11-13)15(16)6-8-17-9-7-15/h3-5,11-12,17H,6-10H2,1-2H3. The number of piperidine rings is 1. The predicted molar refractivity (Wildman–Crippen MR) is 69.9 cm³/mol. The van der Waals surface area contributed by atoms with E-state index in [1.807, 2.05) is 12.1 Å². The second kappa shape index (κ2) is 5.18. The molecule has 2 rings (SSSR count). The summed E-state index contributed by atoms with van der Waals surface area (Å²) >= 11 is 0. The molecule has 1 nitrogen and oxygen atoms in total. The van der Waals surface area contributed by atoms with Crippen LogP contribution in [0.1, 0.15) is 37.8 Å². The highest BCUT2D eigenvalue weighted by Crippen LogP contribution is 2.35. The first-order valence-corrected chi connectivity index (χ1v) is 6.59. The molecule has 1 heterocycles. The van der Waals surface area contributed by atoms with Crippen molar-refractivity contribution in [3.05, 3.63) is 35.4 Å². The van der Waals surface area contributed by atoms with Gasteiger partial charge in [0.2, 0.25) is 0 Å². The summed E-state index contributed by atoms with van der Waals surface area (Å²) in [5.74, 6) is 0.619. The van der Waals surface area contributed by atoms with Crippen molar-refractivity contribution in [1.29, 1.82) is 0 Å². The molecule has 0 saturated carbocycles. The van der Waals surface area contributed by atoms with E-state index in [-0.39, 0.29) is 0 Å². The first-order chi connectivity index (χ1) is 8.10. The van der Waals surface area contributed by atoms with Gasteiger partial charge < -0.3 is 5.32 Å². The van der Waals surface area contributed by atoms with E-state index in [4.69, 9.17) is 0 Å². The fraction of sp³-hybridized carbons (Fsp3) is 0.600. The van der Waals surface area contributed by atoms with Gasteiger partial charge >= 0.3 is 0 Å². The van der Waals surface area contributed by atoms with Crippen LogP contribution in [0, 0.1) is 5.92 Å². The molecule has 1 aliphatic rings. The Morgan fingerprint density at radius 3 is 2.65 bits per heavy atom. The van der Waals surface area contributed by atoms with Crippen molar-refractivity contribution in [3.8, 4) is 0 Å². The number of benzene rings is 1. The fourth-order valence-corrected chi connectivity index (χ4v) is 2.56. The average Bonchev–Trinajstić information content (AvgIpc) is 2.29. The number of hydrogen-bond acceptors (Lipinski definition) is 1. The van der Waals surface area contributed by atoms with Crippen molar-refractivity contribution in [1.82, 2.24) is 5.32 Å². The highest BCUT2D eigenvalue weighted by molar-refractivity contribution is 5.29. The highest BCUT2D eigenvalue weighted by atomic mass is 19.1. The maximum atomic E-state index is 14.8. The Morgan fingerprint density at radius 2 is 2.00 bits per heavy atom. The summed E-state index contributed by atoms with van der Waals surface area (Å²) in [5, 5.41) is 3.22. The van der Waals surface area contributed by atoms with Crippen LogP contribution in [-0.4, -0.2) is 13.1 Å². The Labute approximate surface area is 103 Å². The largest absolute Gasteiger partial charge is 0.316 e. The van der Waals surface area contributed by atoms with Gasteiger partial charge in [0.1, 0.15) is 5.67 Å². The van der Waals surface area contributed by atoms with Gasteiger partial charge in [-0.2, -0.15) is 0 Å². The minimum absolute atomic E-state index is 0.595. The lowest BCUT2D eigenvalue weighted by Gasteiger charge is -2.30. The van der Waals surface area contributed by atoms with E-state index in [1.54, 1.807) is 0 Å². The van der Waals surface area contributed by atoms with E-state index < -0.39 is 5.67 Å². The molecule has 2 heteroatoms. The van der Waals surface area contributed by atoms with Crippen molar-refractivity contribution in [3.63, 3.8) is 0 Å². The van der Waals surface area contributed by atoms with Crippen LogP contribution in [0.4, 0.5) is 4.39 Å². The molecule has 1 aliphatic heterocycles. The number of nitrogens with one attached hydrogen (secondary N) is 1. The summed E-state index contributed by atoms with van der Waals surface area (Å²) in [6, 6.07) is 8.10. The van der Waals surface area contributed by atoms with Crippen molar-refractivity contribution < 1.29 is 4.39 Å². The van der Waals surface area contributed by atoms with Crippen LogP contribution in [0.25, 0.3) is 0 Å². The van der Waals surface area contributed by atoms with Crippen LogP contribution in [0.5, 0.6) is 0 Å². The predicted octanol–water partition coefficient (Wildman–Crippen LogP) is 3.43. The summed E-state index contributed by atoms with van der Waals surface area (Å²) in [4.78, 5) is 0. The zero-order valence-electron chi connectivity index (χ0n) is 10.8. The maximum Gasteiger partial charge on any atom is 0.138 e. The summed E-state index contributed by atoms with van der Waals surface area (Å²) in [6.07, 6.45) is 2.22.